The molecule has 0 saturated heterocycles. The Labute approximate surface area is 124 Å². The number of hydrogen-bond acceptors (Lipinski definition) is 4. The number of carbonyl (C=O) groups excluding carboxylic acids is 2. The van der Waals surface area contributed by atoms with Crippen molar-refractivity contribution in [2.45, 2.75) is 39.3 Å². The molecule has 0 spiro atoms. The topological polar surface area (TPSA) is 79.5 Å². The summed E-state index contributed by atoms with van der Waals surface area (Å²) in [6.45, 7) is 7.61. The van der Waals surface area contributed by atoms with Crippen LogP contribution in [-0.4, -0.2) is 30.2 Å². The molecule has 1 heterocycles. The van der Waals surface area contributed by atoms with Crippen molar-refractivity contribution in [2.24, 2.45) is 0 Å². The summed E-state index contributed by atoms with van der Waals surface area (Å²) in [6, 6.07) is 5.02. The van der Waals surface area contributed by atoms with Crippen molar-refractivity contribution < 1.29 is 14.3 Å². The maximum Gasteiger partial charge on any atom is 0.408 e. The molecular weight excluding hydrogens is 270 g/mol. The highest BCUT2D eigenvalue weighted by molar-refractivity contribution is 6.00. The summed E-state index contributed by atoms with van der Waals surface area (Å²) in [5.74, 6) is -0.268. The van der Waals surface area contributed by atoms with E-state index >= 15 is 0 Å². The average Bonchev–Trinajstić information content (AvgIpc) is 2.48. The monoisotopic (exact) mass is 291 g/mol. The molecule has 6 heteroatoms. The Hall–Kier alpha value is -2.24. The van der Waals surface area contributed by atoms with Crippen LogP contribution in [0.4, 0.5) is 16.2 Å². The zero-order chi connectivity index (χ0) is 15.6. The van der Waals surface area contributed by atoms with Gasteiger partial charge in [-0.2, -0.15) is 0 Å². The summed E-state index contributed by atoms with van der Waals surface area (Å²) >= 11 is 0. The molecule has 1 atom stereocenters. The highest BCUT2D eigenvalue weighted by atomic mass is 16.6. The van der Waals surface area contributed by atoms with Crippen LogP contribution in [0.15, 0.2) is 18.2 Å². The molecular formula is C15H21N3O3. The third-order valence-electron chi connectivity index (χ3n) is 2.94. The van der Waals surface area contributed by atoms with Gasteiger partial charge >= 0.3 is 6.09 Å². The smallest absolute Gasteiger partial charge is 0.408 e. The quantitative estimate of drug-likeness (QED) is 0.741. The number of fused-ring (bicyclic) bond motifs is 1. The van der Waals surface area contributed by atoms with Crippen molar-refractivity contribution in [1.29, 1.82) is 0 Å². The van der Waals surface area contributed by atoms with Crippen molar-refractivity contribution in [3.8, 4) is 0 Å². The van der Waals surface area contributed by atoms with E-state index in [1.54, 1.807) is 20.8 Å². The third-order valence-corrected chi connectivity index (χ3v) is 2.94. The van der Waals surface area contributed by atoms with E-state index in [2.05, 4.69) is 16.0 Å². The molecule has 1 unspecified atom stereocenters. The fourth-order valence-electron chi connectivity index (χ4n) is 2.00. The highest BCUT2D eigenvalue weighted by Gasteiger charge is 2.27. The number of benzene rings is 1. The van der Waals surface area contributed by atoms with Crippen LogP contribution in [0.3, 0.4) is 0 Å². The van der Waals surface area contributed by atoms with E-state index in [4.69, 9.17) is 4.74 Å². The second-order valence-electron chi connectivity index (χ2n) is 6.12. The largest absolute Gasteiger partial charge is 0.444 e. The molecule has 2 rings (SSSR count). The second kappa shape index (κ2) is 5.63. The lowest BCUT2D eigenvalue weighted by molar-refractivity contribution is -0.117. The normalized spacial score (nSPS) is 17.9. The van der Waals surface area contributed by atoms with Crippen LogP contribution < -0.4 is 16.0 Å². The number of carbonyl (C=O) groups is 2. The maximum atomic E-state index is 12.1. The minimum Gasteiger partial charge on any atom is -0.444 e. The number of hydrogen-bond donors (Lipinski definition) is 3. The van der Waals surface area contributed by atoms with E-state index in [1.165, 1.54) is 0 Å². The first-order valence-electron chi connectivity index (χ1n) is 6.89. The van der Waals surface area contributed by atoms with Gasteiger partial charge in [0, 0.05) is 6.54 Å². The molecule has 0 bridgehead atoms. The van der Waals surface area contributed by atoms with Gasteiger partial charge in [-0.05, 0) is 45.4 Å². The predicted molar refractivity (Wildman–Crippen MR) is 81.5 cm³/mol. The van der Waals surface area contributed by atoms with Crippen molar-refractivity contribution in [1.82, 2.24) is 5.32 Å². The lowest BCUT2D eigenvalue weighted by atomic mass is 10.2. The van der Waals surface area contributed by atoms with Crippen LogP contribution >= 0.6 is 0 Å². The molecule has 1 aromatic rings. The van der Waals surface area contributed by atoms with E-state index in [-0.39, 0.29) is 5.91 Å². The number of ether oxygens (including phenoxy) is 1. The van der Waals surface area contributed by atoms with Crippen molar-refractivity contribution in [3.05, 3.63) is 23.8 Å². The molecule has 0 saturated carbocycles. The number of alkyl carbamates (subject to hydrolysis) is 1. The summed E-state index contributed by atoms with van der Waals surface area (Å²) in [6.07, 6.45) is -0.605. The molecule has 21 heavy (non-hydrogen) atoms. The molecule has 0 aliphatic carbocycles. The molecule has 0 fully saturated rings. The highest BCUT2D eigenvalue weighted by Crippen LogP contribution is 2.25. The Morgan fingerprint density at radius 2 is 2.05 bits per heavy atom. The molecule has 6 nitrogen and oxygen atoms in total. The standard InChI is InChI=1S/C15H21N3O3/c1-9-5-6-10-11(7-9)16-8-12(13(19)17-10)18-14(20)21-15(2,3)4/h5-7,12,16H,8H2,1-4H3,(H,17,19)(H,18,20). The fraction of sp³-hybridized carbons (Fsp3) is 0.467. The van der Waals surface area contributed by atoms with Crippen LogP contribution in [0.25, 0.3) is 0 Å². The zero-order valence-electron chi connectivity index (χ0n) is 12.7. The Kier molecular flexibility index (Phi) is 4.06. The summed E-state index contributed by atoms with van der Waals surface area (Å²) in [7, 11) is 0. The molecule has 0 aromatic heterocycles. The minimum atomic E-state index is -0.687. The molecule has 1 aliphatic heterocycles. The van der Waals surface area contributed by atoms with Gasteiger partial charge in [-0.3, -0.25) is 4.79 Å². The number of rotatable bonds is 1. The van der Waals surface area contributed by atoms with E-state index in [0.29, 0.717) is 12.2 Å². The molecule has 0 radical (unpaired) electrons. The average molecular weight is 291 g/mol. The Morgan fingerprint density at radius 1 is 1.33 bits per heavy atom. The van der Waals surface area contributed by atoms with Gasteiger partial charge < -0.3 is 20.7 Å². The Bertz CT molecular complexity index is 564. The molecule has 114 valence electrons. The Balaban J connectivity index is 2.05. The van der Waals surface area contributed by atoms with E-state index < -0.39 is 17.7 Å². The summed E-state index contributed by atoms with van der Waals surface area (Å²) in [5.41, 5.74) is 2.05. The number of anilines is 2. The van der Waals surface area contributed by atoms with Crippen LogP contribution in [0.2, 0.25) is 0 Å². The van der Waals surface area contributed by atoms with Crippen molar-refractivity contribution in [2.75, 3.05) is 17.2 Å². The first-order valence-corrected chi connectivity index (χ1v) is 6.89. The lowest BCUT2D eigenvalue weighted by Gasteiger charge is -2.22. The molecule has 2 amide bonds. The van der Waals surface area contributed by atoms with Crippen LogP contribution in [-0.2, 0) is 9.53 Å². The van der Waals surface area contributed by atoms with Gasteiger partial charge in [-0.1, -0.05) is 6.07 Å². The maximum absolute atomic E-state index is 12.1. The summed E-state index contributed by atoms with van der Waals surface area (Å²) in [5, 5.41) is 8.54. The van der Waals surface area contributed by atoms with E-state index in [1.807, 2.05) is 25.1 Å². The molecule has 1 aliphatic rings. The van der Waals surface area contributed by atoms with Gasteiger partial charge in [0.1, 0.15) is 11.6 Å². The lowest BCUT2D eigenvalue weighted by Crippen LogP contribution is -2.48. The Morgan fingerprint density at radius 3 is 2.71 bits per heavy atom. The number of aryl methyl sites for hydroxylation is 1. The first kappa shape index (κ1) is 15.2. The van der Waals surface area contributed by atoms with Crippen molar-refractivity contribution in [3.63, 3.8) is 0 Å². The van der Waals surface area contributed by atoms with Gasteiger partial charge in [-0.25, -0.2) is 4.79 Å². The van der Waals surface area contributed by atoms with Gasteiger partial charge in [0.15, 0.2) is 0 Å². The fourth-order valence-corrected chi connectivity index (χ4v) is 2.00. The predicted octanol–water partition coefficient (Wildman–Crippen LogP) is 2.25. The number of nitrogens with one attached hydrogen (secondary N) is 3. The first-order chi connectivity index (χ1) is 9.74. The van der Waals surface area contributed by atoms with Crippen molar-refractivity contribution >= 4 is 23.4 Å². The molecule has 3 N–H and O–H groups in total. The summed E-state index contributed by atoms with van der Waals surface area (Å²) < 4.78 is 5.17. The number of amides is 2. The molecule has 1 aromatic carbocycles. The van der Waals surface area contributed by atoms with Crippen LogP contribution in [0, 0.1) is 6.92 Å². The third kappa shape index (κ3) is 4.11. The van der Waals surface area contributed by atoms with Crippen LogP contribution in [0.5, 0.6) is 0 Å². The minimum absolute atomic E-state index is 0.268. The van der Waals surface area contributed by atoms with Gasteiger partial charge in [-0.15, -0.1) is 0 Å². The van der Waals surface area contributed by atoms with Gasteiger partial charge in [0.05, 0.1) is 11.4 Å². The van der Waals surface area contributed by atoms with Gasteiger partial charge in [0.25, 0.3) is 0 Å². The van der Waals surface area contributed by atoms with E-state index in [9.17, 15) is 9.59 Å². The second-order valence-corrected chi connectivity index (χ2v) is 6.12. The van der Waals surface area contributed by atoms with E-state index in [0.717, 1.165) is 11.3 Å². The summed E-state index contributed by atoms with van der Waals surface area (Å²) in [4.78, 5) is 23.9. The zero-order valence-corrected chi connectivity index (χ0v) is 12.7. The SMILES string of the molecule is Cc1ccc2c(c1)NCC(NC(=O)OC(C)(C)C)C(=O)N2. The van der Waals surface area contributed by atoms with Gasteiger partial charge in [0.2, 0.25) is 5.91 Å². The van der Waals surface area contributed by atoms with Crippen LogP contribution in [0.1, 0.15) is 26.3 Å².